The Morgan fingerprint density at radius 2 is 2.00 bits per heavy atom. The SMILES string of the molecule is CC(C)c1nc([C@@H]2CCCCCN2C(=O)c2nccn3ccnc23)no1. The van der Waals surface area contributed by atoms with Gasteiger partial charge < -0.3 is 13.8 Å². The lowest BCUT2D eigenvalue weighted by Gasteiger charge is -2.27. The minimum atomic E-state index is -0.196. The van der Waals surface area contributed by atoms with Gasteiger partial charge in [-0.15, -0.1) is 0 Å². The van der Waals surface area contributed by atoms with Crippen molar-refractivity contribution in [2.75, 3.05) is 6.54 Å². The van der Waals surface area contributed by atoms with E-state index in [9.17, 15) is 4.79 Å². The Kier molecular flexibility index (Phi) is 4.40. The molecule has 1 atom stereocenters. The third kappa shape index (κ3) is 2.95. The third-order valence-electron chi connectivity index (χ3n) is 4.78. The van der Waals surface area contributed by atoms with E-state index in [1.54, 1.807) is 23.0 Å². The summed E-state index contributed by atoms with van der Waals surface area (Å²) in [7, 11) is 0. The molecule has 0 radical (unpaired) electrons. The van der Waals surface area contributed by atoms with E-state index in [0.29, 0.717) is 29.6 Å². The zero-order chi connectivity index (χ0) is 18.1. The molecule has 0 aliphatic carbocycles. The molecule has 0 unspecified atom stereocenters. The molecule has 1 fully saturated rings. The van der Waals surface area contributed by atoms with E-state index in [-0.39, 0.29) is 17.9 Å². The van der Waals surface area contributed by atoms with Crippen molar-refractivity contribution in [3.8, 4) is 0 Å². The molecule has 1 amide bonds. The summed E-state index contributed by atoms with van der Waals surface area (Å²) in [6.45, 7) is 4.67. The Balaban J connectivity index is 1.70. The van der Waals surface area contributed by atoms with Gasteiger partial charge in [0.15, 0.2) is 17.2 Å². The van der Waals surface area contributed by atoms with E-state index in [4.69, 9.17) is 4.52 Å². The Bertz CT molecular complexity index is 915. The maximum atomic E-state index is 13.3. The van der Waals surface area contributed by atoms with E-state index >= 15 is 0 Å². The maximum Gasteiger partial charge on any atom is 0.276 e. The average Bonchev–Trinajstić information content (AvgIpc) is 3.25. The predicted octanol–water partition coefficient (Wildman–Crippen LogP) is 2.99. The van der Waals surface area contributed by atoms with Crippen LogP contribution in [0.25, 0.3) is 5.65 Å². The summed E-state index contributed by atoms with van der Waals surface area (Å²) in [6, 6.07) is -0.196. The van der Waals surface area contributed by atoms with E-state index in [2.05, 4.69) is 20.1 Å². The van der Waals surface area contributed by atoms with Crippen LogP contribution in [0.3, 0.4) is 0 Å². The van der Waals surface area contributed by atoms with E-state index < -0.39 is 0 Å². The van der Waals surface area contributed by atoms with Gasteiger partial charge in [0.25, 0.3) is 5.91 Å². The van der Waals surface area contributed by atoms with E-state index in [0.717, 1.165) is 25.7 Å². The molecule has 0 saturated carbocycles. The Morgan fingerprint density at radius 1 is 1.19 bits per heavy atom. The number of rotatable bonds is 3. The van der Waals surface area contributed by atoms with Crippen LogP contribution in [0.15, 0.2) is 29.3 Å². The Hall–Kier alpha value is -2.77. The van der Waals surface area contributed by atoms with Gasteiger partial charge in [-0.05, 0) is 12.8 Å². The average molecular weight is 354 g/mol. The molecule has 0 spiro atoms. The van der Waals surface area contributed by atoms with Gasteiger partial charge in [0, 0.05) is 37.3 Å². The first kappa shape index (κ1) is 16.7. The number of hydrogen-bond acceptors (Lipinski definition) is 6. The fourth-order valence-corrected chi connectivity index (χ4v) is 3.38. The molecule has 0 bridgehead atoms. The van der Waals surface area contributed by atoms with Crippen LogP contribution in [0.5, 0.6) is 0 Å². The summed E-state index contributed by atoms with van der Waals surface area (Å²) >= 11 is 0. The zero-order valence-electron chi connectivity index (χ0n) is 15.0. The Morgan fingerprint density at radius 3 is 2.77 bits per heavy atom. The quantitative estimate of drug-likeness (QED) is 0.718. The number of aromatic nitrogens is 5. The summed E-state index contributed by atoms with van der Waals surface area (Å²) < 4.78 is 7.18. The third-order valence-corrected chi connectivity index (χ3v) is 4.78. The summed E-state index contributed by atoms with van der Waals surface area (Å²) in [4.78, 5) is 28.3. The predicted molar refractivity (Wildman–Crippen MR) is 93.6 cm³/mol. The van der Waals surface area contributed by atoms with E-state index in [1.807, 2.05) is 24.9 Å². The fraction of sp³-hybridized carbons (Fsp3) is 0.500. The van der Waals surface area contributed by atoms with Crippen LogP contribution >= 0.6 is 0 Å². The minimum Gasteiger partial charge on any atom is -0.339 e. The fourth-order valence-electron chi connectivity index (χ4n) is 3.38. The number of imidazole rings is 1. The van der Waals surface area contributed by atoms with Crippen molar-refractivity contribution in [1.29, 1.82) is 0 Å². The lowest BCUT2D eigenvalue weighted by atomic mass is 10.1. The first-order chi connectivity index (χ1) is 12.6. The topological polar surface area (TPSA) is 89.4 Å². The molecule has 3 aromatic rings. The smallest absolute Gasteiger partial charge is 0.276 e. The van der Waals surface area contributed by atoms with Crippen LogP contribution in [-0.4, -0.2) is 41.9 Å². The molecule has 4 rings (SSSR count). The highest BCUT2D eigenvalue weighted by atomic mass is 16.5. The van der Waals surface area contributed by atoms with Crippen LogP contribution in [0.4, 0.5) is 0 Å². The molecular weight excluding hydrogens is 332 g/mol. The van der Waals surface area contributed by atoms with E-state index in [1.165, 1.54) is 0 Å². The monoisotopic (exact) mass is 354 g/mol. The second-order valence-corrected chi connectivity index (χ2v) is 6.94. The van der Waals surface area contributed by atoms with Crippen molar-refractivity contribution in [2.24, 2.45) is 0 Å². The molecular formula is C18H22N6O2. The second-order valence-electron chi connectivity index (χ2n) is 6.94. The molecule has 26 heavy (non-hydrogen) atoms. The first-order valence-corrected chi connectivity index (χ1v) is 9.07. The van der Waals surface area contributed by atoms with Crippen LogP contribution in [-0.2, 0) is 0 Å². The molecule has 136 valence electrons. The van der Waals surface area contributed by atoms with Crippen LogP contribution in [0.2, 0.25) is 0 Å². The Labute approximate surface area is 151 Å². The number of amides is 1. The van der Waals surface area contributed by atoms with Crippen molar-refractivity contribution >= 4 is 11.6 Å². The normalized spacial score (nSPS) is 18.4. The standard InChI is InChI=1S/C18H22N6O2/c1-12(2)17-21-15(22-26-17)13-6-4-3-5-9-24(13)18(25)14-16-20-8-11-23(16)10-7-19-14/h7-8,10-13H,3-6,9H2,1-2H3/t13-/m0/s1. The van der Waals surface area contributed by atoms with Gasteiger partial charge in [0.1, 0.15) is 0 Å². The lowest BCUT2D eigenvalue weighted by molar-refractivity contribution is 0.0666. The number of carbonyl (C=O) groups excluding carboxylic acids is 1. The molecule has 1 saturated heterocycles. The summed E-state index contributed by atoms with van der Waals surface area (Å²) in [6.07, 6.45) is 10.8. The second kappa shape index (κ2) is 6.86. The van der Waals surface area contributed by atoms with Crippen molar-refractivity contribution in [2.45, 2.75) is 51.5 Å². The first-order valence-electron chi connectivity index (χ1n) is 9.07. The van der Waals surface area contributed by atoms with Gasteiger partial charge in [-0.2, -0.15) is 4.98 Å². The van der Waals surface area contributed by atoms with Crippen molar-refractivity contribution in [3.05, 3.63) is 42.2 Å². The molecule has 0 N–H and O–H groups in total. The summed E-state index contributed by atoms with van der Waals surface area (Å²) in [5, 5.41) is 4.16. The minimum absolute atomic E-state index is 0.135. The summed E-state index contributed by atoms with van der Waals surface area (Å²) in [5.74, 6) is 1.21. The highest BCUT2D eigenvalue weighted by Crippen LogP contribution is 2.30. The summed E-state index contributed by atoms with van der Waals surface area (Å²) in [5.41, 5.74) is 0.924. The maximum absolute atomic E-state index is 13.3. The van der Waals surface area contributed by atoms with Gasteiger partial charge >= 0.3 is 0 Å². The number of hydrogen-bond donors (Lipinski definition) is 0. The van der Waals surface area contributed by atoms with Gasteiger partial charge in [0.05, 0.1) is 6.04 Å². The largest absolute Gasteiger partial charge is 0.339 e. The number of likely N-dealkylation sites (tertiary alicyclic amines) is 1. The van der Waals surface area contributed by atoms with Crippen LogP contribution in [0.1, 0.15) is 73.7 Å². The van der Waals surface area contributed by atoms with Gasteiger partial charge in [0.2, 0.25) is 5.89 Å². The highest BCUT2D eigenvalue weighted by molar-refractivity contribution is 5.98. The lowest BCUT2D eigenvalue weighted by Crippen LogP contribution is -2.36. The number of nitrogens with zero attached hydrogens (tertiary/aromatic N) is 6. The molecule has 1 aliphatic rings. The molecule has 1 aliphatic heterocycles. The van der Waals surface area contributed by atoms with Crippen molar-refractivity contribution in [1.82, 2.24) is 29.4 Å². The molecule has 0 aromatic carbocycles. The van der Waals surface area contributed by atoms with Gasteiger partial charge in [-0.3, -0.25) is 4.79 Å². The molecule has 4 heterocycles. The van der Waals surface area contributed by atoms with Crippen LogP contribution in [0, 0.1) is 0 Å². The van der Waals surface area contributed by atoms with Crippen LogP contribution < -0.4 is 0 Å². The van der Waals surface area contributed by atoms with Crippen molar-refractivity contribution in [3.63, 3.8) is 0 Å². The van der Waals surface area contributed by atoms with Crippen molar-refractivity contribution < 1.29 is 9.32 Å². The molecule has 8 nitrogen and oxygen atoms in total. The number of carbonyl (C=O) groups is 1. The highest BCUT2D eigenvalue weighted by Gasteiger charge is 2.33. The van der Waals surface area contributed by atoms with Gasteiger partial charge in [-0.25, -0.2) is 9.97 Å². The van der Waals surface area contributed by atoms with Gasteiger partial charge in [-0.1, -0.05) is 31.8 Å². The molecule has 8 heteroatoms. The molecule has 3 aromatic heterocycles. The zero-order valence-corrected chi connectivity index (χ0v) is 15.0. The number of fused-ring (bicyclic) bond motifs is 1.